The molecule has 6 atom stereocenters. The third kappa shape index (κ3) is 1.75. The van der Waals surface area contributed by atoms with Crippen molar-refractivity contribution in [2.24, 2.45) is 35.0 Å². The van der Waals surface area contributed by atoms with Crippen molar-refractivity contribution in [1.29, 1.82) is 0 Å². The predicted octanol–water partition coefficient (Wildman–Crippen LogP) is 2.96. The smallest absolute Gasteiger partial charge is 0.201 e. The van der Waals surface area contributed by atoms with Crippen molar-refractivity contribution in [2.45, 2.75) is 58.3 Å². The van der Waals surface area contributed by atoms with Crippen LogP contribution in [-0.4, -0.2) is 17.3 Å². The fraction of sp³-hybridized carbons (Fsp3) is 0.833. The Labute approximate surface area is 125 Å². The molecule has 0 bridgehead atoms. The van der Waals surface area contributed by atoms with Crippen LogP contribution in [0.5, 0.6) is 0 Å². The van der Waals surface area contributed by atoms with Crippen LogP contribution in [0, 0.1) is 35.0 Å². The van der Waals surface area contributed by atoms with Crippen LogP contribution >= 0.6 is 0 Å². The molecule has 4 aliphatic rings. The predicted molar refractivity (Wildman–Crippen MR) is 77.5 cm³/mol. The highest BCUT2D eigenvalue weighted by molar-refractivity contribution is 6.38. The number of carbonyl (C=O) groups excluding carboxylic acids is 3. The second kappa shape index (κ2) is 4.50. The van der Waals surface area contributed by atoms with Crippen molar-refractivity contribution in [3.05, 3.63) is 0 Å². The Kier molecular flexibility index (Phi) is 2.93. The average Bonchev–Trinajstić information content (AvgIpc) is 2.78. The van der Waals surface area contributed by atoms with E-state index in [0.717, 1.165) is 44.9 Å². The number of hydrogen-bond acceptors (Lipinski definition) is 3. The van der Waals surface area contributed by atoms with Crippen molar-refractivity contribution < 1.29 is 14.4 Å². The van der Waals surface area contributed by atoms with Crippen molar-refractivity contribution in [2.75, 3.05) is 0 Å². The highest BCUT2D eigenvalue weighted by atomic mass is 16.2. The maximum absolute atomic E-state index is 12.3. The molecule has 114 valence electrons. The number of Topliss-reactive ketones (excluding diaryl/α,β-unsaturated/α-hetero) is 3. The summed E-state index contributed by atoms with van der Waals surface area (Å²) in [4.78, 5) is 36.1. The Morgan fingerprint density at radius 1 is 0.857 bits per heavy atom. The molecule has 3 nitrogen and oxygen atoms in total. The summed E-state index contributed by atoms with van der Waals surface area (Å²) in [5.74, 6) is 2.44. The molecule has 0 spiro atoms. The highest BCUT2D eigenvalue weighted by Gasteiger charge is 2.57. The number of fused-ring (bicyclic) bond motifs is 5. The van der Waals surface area contributed by atoms with Gasteiger partial charge in [0.25, 0.3) is 0 Å². The summed E-state index contributed by atoms with van der Waals surface area (Å²) >= 11 is 0. The number of hydrogen-bond donors (Lipinski definition) is 0. The van der Waals surface area contributed by atoms with Crippen LogP contribution in [0.25, 0.3) is 0 Å². The van der Waals surface area contributed by atoms with Gasteiger partial charge in [-0.1, -0.05) is 6.92 Å². The molecule has 0 aliphatic heterocycles. The van der Waals surface area contributed by atoms with Crippen molar-refractivity contribution in [3.8, 4) is 0 Å². The molecule has 4 saturated carbocycles. The Hall–Kier alpha value is -0.990. The summed E-state index contributed by atoms with van der Waals surface area (Å²) in [5.41, 5.74) is -0.0809. The molecule has 0 heterocycles. The SMILES string of the molecule is C[C@]12CC[C@H]3[C@@H](CCC4C(=O)C(=O)CC[C@@H]43)[C@H]1CCC2=O. The van der Waals surface area contributed by atoms with Gasteiger partial charge in [-0.15, -0.1) is 0 Å². The van der Waals surface area contributed by atoms with Crippen LogP contribution in [0.1, 0.15) is 58.3 Å². The van der Waals surface area contributed by atoms with Gasteiger partial charge in [0.05, 0.1) is 0 Å². The number of rotatable bonds is 0. The molecule has 0 aromatic heterocycles. The third-order valence-corrected chi connectivity index (χ3v) is 7.40. The lowest BCUT2D eigenvalue weighted by atomic mass is 9.50. The van der Waals surface area contributed by atoms with E-state index in [4.69, 9.17) is 0 Å². The first-order valence-corrected chi connectivity index (χ1v) is 8.62. The van der Waals surface area contributed by atoms with Crippen molar-refractivity contribution in [3.63, 3.8) is 0 Å². The fourth-order valence-electron chi connectivity index (χ4n) is 6.29. The largest absolute Gasteiger partial charge is 0.299 e. The van der Waals surface area contributed by atoms with Gasteiger partial charge in [0, 0.05) is 24.2 Å². The maximum Gasteiger partial charge on any atom is 0.201 e. The molecule has 0 aromatic carbocycles. The van der Waals surface area contributed by atoms with Gasteiger partial charge in [-0.2, -0.15) is 0 Å². The van der Waals surface area contributed by atoms with Crippen LogP contribution in [0.2, 0.25) is 0 Å². The van der Waals surface area contributed by atoms with E-state index in [0.29, 0.717) is 35.9 Å². The first-order valence-electron chi connectivity index (χ1n) is 8.62. The van der Waals surface area contributed by atoms with Crippen LogP contribution in [0.4, 0.5) is 0 Å². The van der Waals surface area contributed by atoms with E-state index < -0.39 is 0 Å². The molecule has 1 unspecified atom stereocenters. The van der Waals surface area contributed by atoms with Gasteiger partial charge in [0.1, 0.15) is 5.78 Å². The second-order valence-corrected chi connectivity index (χ2v) is 8.03. The van der Waals surface area contributed by atoms with Gasteiger partial charge in [-0.25, -0.2) is 0 Å². The fourth-order valence-corrected chi connectivity index (χ4v) is 6.29. The average molecular weight is 288 g/mol. The first-order chi connectivity index (χ1) is 10.0. The van der Waals surface area contributed by atoms with Gasteiger partial charge < -0.3 is 0 Å². The second-order valence-electron chi connectivity index (χ2n) is 8.03. The minimum atomic E-state index is -0.133. The summed E-state index contributed by atoms with van der Waals surface area (Å²) in [7, 11) is 0. The summed E-state index contributed by atoms with van der Waals surface area (Å²) in [5, 5.41) is 0. The normalized spacial score (nSPS) is 49.6. The van der Waals surface area contributed by atoms with Crippen LogP contribution in [0.15, 0.2) is 0 Å². The van der Waals surface area contributed by atoms with Gasteiger partial charge in [0.2, 0.25) is 5.78 Å². The number of carbonyl (C=O) groups is 3. The standard InChI is InChI=1S/C18H24O3/c1-18-9-8-11-10-4-6-15(19)17(21)13(10)3-2-12(11)14(18)5-7-16(18)20/h10-14H,2-9H2,1H3/t10-,11-,12-,13?,14-,18+/m1/s1. The maximum atomic E-state index is 12.3. The minimum absolute atomic E-state index is 0.00830. The van der Waals surface area contributed by atoms with Crippen LogP contribution in [-0.2, 0) is 14.4 Å². The van der Waals surface area contributed by atoms with E-state index in [1.54, 1.807) is 0 Å². The zero-order valence-corrected chi connectivity index (χ0v) is 12.8. The van der Waals surface area contributed by atoms with Crippen LogP contribution in [0.3, 0.4) is 0 Å². The first kappa shape index (κ1) is 13.7. The monoisotopic (exact) mass is 288 g/mol. The molecular formula is C18H24O3. The highest BCUT2D eigenvalue weighted by Crippen LogP contribution is 2.60. The van der Waals surface area contributed by atoms with Gasteiger partial charge in [-0.05, 0) is 62.2 Å². The van der Waals surface area contributed by atoms with E-state index in [1.807, 2.05) is 0 Å². The third-order valence-electron chi connectivity index (χ3n) is 7.40. The molecule has 0 saturated heterocycles. The van der Waals surface area contributed by atoms with Crippen LogP contribution < -0.4 is 0 Å². The minimum Gasteiger partial charge on any atom is -0.299 e. The zero-order valence-electron chi connectivity index (χ0n) is 12.8. The zero-order chi connectivity index (χ0) is 14.8. The lowest BCUT2D eigenvalue weighted by Crippen LogP contribution is -2.51. The summed E-state index contributed by atoms with van der Waals surface area (Å²) in [6, 6.07) is 0. The molecule has 21 heavy (non-hydrogen) atoms. The summed E-state index contributed by atoms with van der Waals surface area (Å²) in [6.45, 7) is 2.19. The molecule has 0 radical (unpaired) electrons. The molecular weight excluding hydrogens is 264 g/mol. The van der Waals surface area contributed by atoms with Crippen molar-refractivity contribution >= 4 is 17.3 Å². The molecule has 4 fully saturated rings. The van der Waals surface area contributed by atoms with Gasteiger partial charge in [0.15, 0.2) is 5.78 Å². The quantitative estimate of drug-likeness (QED) is 0.644. The summed E-state index contributed by atoms with van der Waals surface area (Å²) < 4.78 is 0. The Bertz CT molecular complexity index is 523. The number of ketones is 3. The Balaban J connectivity index is 1.62. The van der Waals surface area contributed by atoms with E-state index in [9.17, 15) is 14.4 Å². The lowest BCUT2D eigenvalue weighted by Gasteiger charge is -2.53. The van der Waals surface area contributed by atoms with E-state index in [-0.39, 0.29) is 22.9 Å². The molecule has 0 N–H and O–H groups in total. The van der Waals surface area contributed by atoms with Crippen molar-refractivity contribution in [1.82, 2.24) is 0 Å². The van der Waals surface area contributed by atoms with E-state index in [1.165, 1.54) is 0 Å². The van der Waals surface area contributed by atoms with E-state index >= 15 is 0 Å². The Morgan fingerprint density at radius 2 is 1.67 bits per heavy atom. The lowest BCUT2D eigenvalue weighted by molar-refractivity contribution is -0.149. The molecule has 0 amide bonds. The van der Waals surface area contributed by atoms with Gasteiger partial charge in [-0.3, -0.25) is 14.4 Å². The van der Waals surface area contributed by atoms with E-state index in [2.05, 4.69) is 6.92 Å². The van der Waals surface area contributed by atoms with Gasteiger partial charge >= 0.3 is 0 Å². The molecule has 3 heteroatoms. The summed E-state index contributed by atoms with van der Waals surface area (Å²) in [6.07, 6.45) is 7.22. The Morgan fingerprint density at radius 3 is 2.48 bits per heavy atom. The molecule has 4 rings (SSSR count). The molecule has 4 aliphatic carbocycles. The molecule has 0 aromatic rings. The topological polar surface area (TPSA) is 51.2 Å².